The summed E-state index contributed by atoms with van der Waals surface area (Å²) in [7, 11) is 0. The lowest BCUT2D eigenvalue weighted by molar-refractivity contribution is -0.144. The zero-order valence-electron chi connectivity index (χ0n) is 14.2. The molecule has 0 spiro atoms. The normalized spacial score (nSPS) is 11.6. The summed E-state index contributed by atoms with van der Waals surface area (Å²) in [6.45, 7) is 3.28. The van der Waals surface area contributed by atoms with Crippen molar-refractivity contribution in [1.82, 2.24) is 19.6 Å². The van der Waals surface area contributed by atoms with E-state index in [2.05, 4.69) is 41.6 Å². The van der Waals surface area contributed by atoms with Crippen molar-refractivity contribution in [3.8, 4) is 0 Å². The molecular weight excluding hydrogens is 429 g/mol. The SMILES string of the molecule is Cc1cc(NCC(=O)Nc2ccc(Br)cc2C)n2nc(C(F)(F)F)nc2n1. The van der Waals surface area contributed by atoms with Crippen LogP contribution in [0.5, 0.6) is 0 Å². The summed E-state index contributed by atoms with van der Waals surface area (Å²) >= 11 is 3.34. The molecule has 2 aromatic heterocycles. The highest BCUT2D eigenvalue weighted by molar-refractivity contribution is 9.10. The van der Waals surface area contributed by atoms with Crippen molar-refractivity contribution in [2.75, 3.05) is 17.2 Å². The number of carbonyl (C=O) groups is 1. The molecule has 0 fully saturated rings. The standard InChI is InChI=1S/C16H14BrF3N6O/c1-8-5-10(17)3-4-11(8)23-13(27)7-21-12-6-9(2)22-15-24-14(16(18,19)20)25-26(12)15/h3-6,21H,7H2,1-2H3,(H,23,27). The lowest BCUT2D eigenvalue weighted by atomic mass is 10.2. The van der Waals surface area contributed by atoms with Crippen molar-refractivity contribution in [3.05, 3.63) is 45.8 Å². The quantitative estimate of drug-likeness (QED) is 0.644. The van der Waals surface area contributed by atoms with E-state index in [1.807, 2.05) is 13.0 Å². The fraction of sp³-hybridized carbons (Fsp3) is 0.250. The largest absolute Gasteiger partial charge is 0.453 e. The van der Waals surface area contributed by atoms with E-state index in [1.165, 1.54) is 6.07 Å². The topological polar surface area (TPSA) is 84.2 Å². The van der Waals surface area contributed by atoms with Gasteiger partial charge in [0, 0.05) is 21.9 Å². The highest BCUT2D eigenvalue weighted by atomic mass is 79.9. The average Bonchev–Trinajstić information content (AvgIpc) is 2.99. The number of fused-ring (bicyclic) bond motifs is 1. The fourth-order valence-corrected chi connectivity index (χ4v) is 2.84. The van der Waals surface area contributed by atoms with E-state index in [-0.39, 0.29) is 24.0 Å². The number of aryl methyl sites for hydroxylation is 2. The number of hydrogen-bond acceptors (Lipinski definition) is 5. The number of rotatable bonds is 4. The second-order valence-corrected chi connectivity index (χ2v) is 6.70. The first-order chi connectivity index (χ1) is 12.6. The smallest absolute Gasteiger partial charge is 0.361 e. The number of halogens is 4. The van der Waals surface area contributed by atoms with Gasteiger partial charge in [-0.1, -0.05) is 15.9 Å². The molecule has 11 heteroatoms. The van der Waals surface area contributed by atoms with E-state index >= 15 is 0 Å². The number of nitrogens with zero attached hydrogens (tertiary/aromatic N) is 4. The van der Waals surface area contributed by atoms with Gasteiger partial charge in [-0.15, -0.1) is 5.10 Å². The van der Waals surface area contributed by atoms with Gasteiger partial charge in [0.1, 0.15) is 5.82 Å². The number of nitrogens with one attached hydrogen (secondary N) is 2. The molecule has 3 rings (SSSR count). The summed E-state index contributed by atoms with van der Waals surface area (Å²) < 4.78 is 40.3. The first-order valence-corrected chi connectivity index (χ1v) is 8.54. The Morgan fingerprint density at radius 1 is 1.22 bits per heavy atom. The van der Waals surface area contributed by atoms with Crippen LogP contribution in [0, 0.1) is 13.8 Å². The minimum atomic E-state index is -4.69. The monoisotopic (exact) mass is 442 g/mol. The number of alkyl halides is 3. The third kappa shape index (κ3) is 4.35. The Morgan fingerprint density at radius 3 is 2.63 bits per heavy atom. The first-order valence-electron chi connectivity index (χ1n) is 7.75. The average molecular weight is 443 g/mol. The zero-order chi connectivity index (χ0) is 19.8. The molecule has 7 nitrogen and oxygen atoms in total. The minimum Gasteiger partial charge on any atom is -0.361 e. The Labute approximate surface area is 160 Å². The second-order valence-electron chi connectivity index (χ2n) is 5.79. The number of aromatic nitrogens is 4. The van der Waals surface area contributed by atoms with E-state index in [0.717, 1.165) is 14.6 Å². The molecule has 0 radical (unpaired) electrons. The van der Waals surface area contributed by atoms with Crippen molar-refractivity contribution in [2.45, 2.75) is 20.0 Å². The van der Waals surface area contributed by atoms with Crippen LogP contribution < -0.4 is 10.6 Å². The summed E-state index contributed by atoms with van der Waals surface area (Å²) in [5.41, 5.74) is 1.95. The summed E-state index contributed by atoms with van der Waals surface area (Å²) in [5, 5.41) is 8.94. The molecule has 27 heavy (non-hydrogen) atoms. The Balaban J connectivity index is 1.78. The number of carbonyl (C=O) groups excluding carboxylic acids is 1. The predicted molar refractivity (Wildman–Crippen MR) is 96.5 cm³/mol. The van der Waals surface area contributed by atoms with Crippen LogP contribution in [0.15, 0.2) is 28.7 Å². The fourth-order valence-electron chi connectivity index (χ4n) is 2.37. The van der Waals surface area contributed by atoms with Crippen LogP contribution in [0.1, 0.15) is 17.1 Å². The molecule has 1 amide bonds. The van der Waals surface area contributed by atoms with Crippen molar-refractivity contribution >= 4 is 39.1 Å². The predicted octanol–water partition coefficient (Wildman–Crippen LogP) is 3.57. The number of anilines is 2. The van der Waals surface area contributed by atoms with E-state index in [9.17, 15) is 18.0 Å². The second kappa shape index (κ2) is 7.14. The lowest BCUT2D eigenvalue weighted by Gasteiger charge is -2.11. The third-order valence-electron chi connectivity index (χ3n) is 3.59. The molecule has 0 aliphatic rings. The molecule has 0 atom stereocenters. The molecule has 0 aliphatic carbocycles. The molecular formula is C16H14BrF3N6O. The van der Waals surface area contributed by atoms with Crippen LogP contribution in [0.3, 0.4) is 0 Å². The van der Waals surface area contributed by atoms with E-state index in [0.29, 0.717) is 11.4 Å². The van der Waals surface area contributed by atoms with Crippen LogP contribution in [-0.2, 0) is 11.0 Å². The minimum absolute atomic E-state index is 0.171. The molecule has 3 aromatic rings. The van der Waals surface area contributed by atoms with Crippen molar-refractivity contribution in [3.63, 3.8) is 0 Å². The molecule has 0 aliphatic heterocycles. The van der Waals surface area contributed by atoms with E-state index in [1.54, 1.807) is 19.1 Å². The molecule has 0 saturated heterocycles. The first kappa shape index (κ1) is 19.1. The third-order valence-corrected chi connectivity index (χ3v) is 4.08. The van der Waals surface area contributed by atoms with Crippen molar-refractivity contribution in [2.24, 2.45) is 0 Å². The van der Waals surface area contributed by atoms with Gasteiger partial charge >= 0.3 is 6.18 Å². The lowest BCUT2D eigenvalue weighted by Crippen LogP contribution is -2.23. The van der Waals surface area contributed by atoms with Crippen LogP contribution in [0.4, 0.5) is 24.7 Å². The van der Waals surface area contributed by atoms with Gasteiger partial charge in [0.2, 0.25) is 5.91 Å². The van der Waals surface area contributed by atoms with Gasteiger partial charge < -0.3 is 10.6 Å². The Hall–Kier alpha value is -2.69. The van der Waals surface area contributed by atoms with Gasteiger partial charge in [-0.05, 0) is 37.6 Å². The summed E-state index contributed by atoms with van der Waals surface area (Å²) in [5.74, 6) is -1.67. The van der Waals surface area contributed by atoms with Crippen molar-refractivity contribution in [1.29, 1.82) is 0 Å². The van der Waals surface area contributed by atoms with Crippen LogP contribution in [0.2, 0.25) is 0 Å². The molecule has 2 N–H and O–H groups in total. The Morgan fingerprint density at radius 2 is 1.96 bits per heavy atom. The maximum absolute atomic E-state index is 12.8. The van der Waals surface area contributed by atoms with Gasteiger partial charge in [0.05, 0.1) is 6.54 Å². The number of amides is 1. The van der Waals surface area contributed by atoms with Crippen LogP contribution in [-0.4, -0.2) is 32.0 Å². The van der Waals surface area contributed by atoms with Gasteiger partial charge in [0.25, 0.3) is 11.6 Å². The van der Waals surface area contributed by atoms with Gasteiger partial charge in [-0.2, -0.15) is 22.7 Å². The summed E-state index contributed by atoms with van der Waals surface area (Å²) in [6, 6.07) is 6.88. The zero-order valence-corrected chi connectivity index (χ0v) is 15.8. The van der Waals surface area contributed by atoms with Crippen LogP contribution in [0.25, 0.3) is 5.78 Å². The van der Waals surface area contributed by atoms with Gasteiger partial charge in [-0.25, -0.2) is 4.98 Å². The number of benzene rings is 1. The molecule has 2 heterocycles. The molecule has 0 saturated carbocycles. The molecule has 1 aromatic carbocycles. The maximum Gasteiger partial charge on any atom is 0.453 e. The van der Waals surface area contributed by atoms with E-state index < -0.39 is 12.0 Å². The van der Waals surface area contributed by atoms with Gasteiger partial charge in [-0.3, -0.25) is 4.79 Å². The highest BCUT2D eigenvalue weighted by Crippen LogP contribution is 2.27. The Kier molecular flexibility index (Phi) is 5.05. The summed E-state index contributed by atoms with van der Waals surface area (Å²) in [4.78, 5) is 19.5. The molecule has 142 valence electrons. The maximum atomic E-state index is 12.8. The highest BCUT2D eigenvalue weighted by Gasteiger charge is 2.36. The Bertz CT molecular complexity index is 1020. The number of hydrogen-bond donors (Lipinski definition) is 2. The molecule has 0 bridgehead atoms. The van der Waals surface area contributed by atoms with Crippen LogP contribution >= 0.6 is 15.9 Å². The van der Waals surface area contributed by atoms with Gasteiger partial charge in [0.15, 0.2) is 0 Å². The summed E-state index contributed by atoms with van der Waals surface area (Å²) in [6.07, 6.45) is -4.69. The van der Waals surface area contributed by atoms with E-state index in [4.69, 9.17) is 0 Å². The molecule has 0 unspecified atom stereocenters. The van der Waals surface area contributed by atoms with Crippen molar-refractivity contribution < 1.29 is 18.0 Å².